The highest BCUT2D eigenvalue weighted by Crippen LogP contribution is 2.43. The number of rotatable bonds is 10. The van der Waals surface area contributed by atoms with Crippen molar-refractivity contribution in [3.8, 4) is 11.5 Å². The molecule has 1 unspecified atom stereocenters. The Bertz CT molecular complexity index is 827. The predicted octanol–water partition coefficient (Wildman–Crippen LogP) is 4.28. The van der Waals surface area contributed by atoms with E-state index < -0.39 is 16.3 Å². The minimum Gasteiger partial charge on any atom is -0.496 e. The van der Waals surface area contributed by atoms with Gasteiger partial charge < -0.3 is 23.6 Å². The quantitative estimate of drug-likeness (QED) is 0.250. The van der Waals surface area contributed by atoms with Gasteiger partial charge in [-0.25, -0.2) is 4.79 Å². The number of methoxy groups -OCH3 is 1. The maximum atomic E-state index is 12.4. The normalized spacial score (nSPS) is 15.1. The molecule has 0 spiro atoms. The van der Waals surface area contributed by atoms with Gasteiger partial charge in [0.05, 0.1) is 20.3 Å². The maximum absolute atomic E-state index is 12.4. The first kappa shape index (κ1) is 23.7. The van der Waals surface area contributed by atoms with E-state index in [4.69, 9.17) is 23.6 Å². The fraction of sp³-hybridized carbons (Fsp3) is 0.550. The SMILES string of the molecule is COc1c(C)c2c(c(OCC[Si](C)(C)C)c1C/C=C(\C)CO[PH](=O)O)C(=O)OC2. The minimum atomic E-state index is -2.98. The highest BCUT2D eigenvalue weighted by molar-refractivity contribution is 7.32. The van der Waals surface area contributed by atoms with Crippen molar-refractivity contribution in [1.82, 2.24) is 0 Å². The smallest absolute Gasteiger partial charge is 0.342 e. The average molecular weight is 443 g/mol. The molecule has 29 heavy (non-hydrogen) atoms. The van der Waals surface area contributed by atoms with Gasteiger partial charge in [0.15, 0.2) is 0 Å². The van der Waals surface area contributed by atoms with Gasteiger partial charge in [-0.2, -0.15) is 0 Å². The van der Waals surface area contributed by atoms with Gasteiger partial charge in [0.1, 0.15) is 23.7 Å². The summed E-state index contributed by atoms with van der Waals surface area (Å²) in [5, 5.41) is 0. The van der Waals surface area contributed by atoms with E-state index in [0.717, 1.165) is 28.3 Å². The van der Waals surface area contributed by atoms with Crippen LogP contribution in [0.5, 0.6) is 11.5 Å². The number of hydrogen-bond acceptors (Lipinski definition) is 6. The number of fused-ring (bicyclic) bond motifs is 1. The number of carbonyl (C=O) groups is 1. The molecule has 162 valence electrons. The Morgan fingerprint density at radius 3 is 2.59 bits per heavy atom. The Morgan fingerprint density at radius 2 is 2.00 bits per heavy atom. The number of allylic oxidation sites excluding steroid dienone is 1. The molecule has 9 heteroatoms. The van der Waals surface area contributed by atoms with Crippen molar-refractivity contribution >= 4 is 22.3 Å². The van der Waals surface area contributed by atoms with Crippen LogP contribution in [0.1, 0.15) is 34.0 Å². The van der Waals surface area contributed by atoms with E-state index in [2.05, 4.69) is 19.6 Å². The number of hydrogen-bond donors (Lipinski definition) is 1. The lowest BCUT2D eigenvalue weighted by atomic mass is 9.95. The van der Waals surface area contributed by atoms with E-state index in [1.54, 1.807) is 7.11 Å². The van der Waals surface area contributed by atoms with Crippen LogP contribution in [0.3, 0.4) is 0 Å². The lowest BCUT2D eigenvalue weighted by Crippen LogP contribution is -2.23. The van der Waals surface area contributed by atoms with Crippen LogP contribution in [0.4, 0.5) is 0 Å². The fourth-order valence-electron chi connectivity index (χ4n) is 3.14. The van der Waals surface area contributed by atoms with Crippen LogP contribution in [0.25, 0.3) is 0 Å². The standard InChI is InChI=1S/C20H31O7PSi/c1-13(11-27-28(22)23)7-8-15-18(24-3)14(2)16-12-26-20(21)17(16)19(15)25-9-10-29(4,5)6/h7,28H,8-12H2,1-6H3,(H,22,23)/b13-7+. The number of carbonyl (C=O) groups excluding carboxylic acids is 1. The Kier molecular flexibility index (Phi) is 8.11. The molecule has 0 radical (unpaired) electrons. The predicted molar refractivity (Wildman–Crippen MR) is 115 cm³/mol. The number of benzene rings is 1. The van der Waals surface area contributed by atoms with Gasteiger partial charge in [-0.05, 0) is 31.9 Å². The molecule has 1 aliphatic rings. The van der Waals surface area contributed by atoms with Crippen LogP contribution < -0.4 is 9.47 Å². The highest BCUT2D eigenvalue weighted by Gasteiger charge is 2.33. The summed E-state index contributed by atoms with van der Waals surface area (Å²) in [5.74, 6) is 0.813. The molecule has 2 rings (SSSR count). The van der Waals surface area contributed by atoms with Crippen molar-refractivity contribution in [2.45, 2.75) is 52.6 Å². The lowest BCUT2D eigenvalue weighted by Gasteiger charge is -2.21. The van der Waals surface area contributed by atoms with E-state index in [1.165, 1.54) is 0 Å². The topological polar surface area (TPSA) is 91.3 Å². The molecule has 0 aliphatic carbocycles. The third-order valence-electron chi connectivity index (χ3n) is 4.80. The van der Waals surface area contributed by atoms with E-state index in [9.17, 15) is 9.36 Å². The molecule has 1 atom stereocenters. The van der Waals surface area contributed by atoms with Gasteiger partial charge in [0.25, 0.3) is 0 Å². The van der Waals surface area contributed by atoms with E-state index >= 15 is 0 Å². The molecule has 0 aromatic heterocycles. The molecule has 0 fully saturated rings. The van der Waals surface area contributed by atoms with Crippen molar-refractivity contribution in [3.05, 3.63) is 33.9 Å². The van der Waals surface area contributed by atoms with Crippen LogP contribution in [0, 0.1) is 6.92 Å². The summed E-state index contributed by atoms with van der Waals surface area (Å²) in [6, 6.07) is 0.958. The molecule has 1 aromatic rings. The minimum absolute atomic E-state index is 0.0639. The molecule has 0 saturated heterocycles. The van der Waals surface area contributed by atoms with Gasteiger partial charge >= 0.3 is 14.2 Å². The molecule has 7 nitrogen and oxygen atoms in total. The summed E-state index contributed by atoms with van der Waals surface area (Å²) >= 11 is 0. The summed E-state index contributed by atoms with van der Waals surface area (Å²) in [6.45, 7) is 11.3. The van der Waals surface area contributed by atoms with Crippen molar-refractivity contribution in [1.29, 1.82) is 0 Å². The van der Waals surface area contributed by atoms with E-state index in [-0.39, 0.29) is 19.2 Å². The largest absolute Gasteiger partial charge is 0.496 e. The monoisotopic (exact) mass is 442 g/mol. The van der Waals surface area contributed by atoms with E-state index in [1.807, 2.05) is 19.9 Å². The molecule has 0 saturated carbocycles. The summed E-state index contributed by atoms with van der Waals surface area (Å²) in [5.41, 5.74) is 3.73. The second kappa shape index (κ2) is 9.94. The Balaban J connectivity index is 2.44. The Labute approximate surface area is 174 Å². The summed E-state index contributed by atoms with van der Waals surface area (Å²) in [7, 11) is -2.69. The summed E-state index contributed by atoms with van der Waals surface area (Å²) in [6.07, 6.45) is 2.33. The van der Waals surface area contributed by atoms with Gasteiger partial charge in [-0.1, -0.05) is 31.3 Å². The molecule has 1 aromatic carbocycles. The van der Waals surface area contributed by atoms with Gasteiger partial charge in [0, 0.05) is 19.2 Å². The molecule has 1 heterocycles. The Morgan fingerprint density at radius 1 is 1.31 bits per heavy atom. The first-order chi connectivity index (χ1) is 13.5. The van der Waals surface area contributed by atoms with Crippen molar-refractivity contribution in [3.63, 3.8) is 0 Å². The van der Waals surface area contributed by atoms with Crippen molar-refractivity contribution in [2.24, 2.45) is 0 Å². The first-order valence-corrected chi connectivity index (χ1v) is 14.6. The van der Waals surface area contributed by atoms with Crippen molar-refractivity contribution in [2.75, 3.05) is 20.3 Å². The first-order valence-electron chi connectivity index (χ1n) is 9.58. The second-order valence-electron chi connectivity index (χ2n) is 8.36. The average Bonchev–Trinajstić information content (AvgIpc) is 3.01. The number of cyclic esters (lactones) is 1. The van der Waals surface area contributed by atoms with Crippen molar-refractivity contribution < 1.29 is 33.0 Å². The molecular formula is C20H31O7PSi. The van der Waals surface area contributed by atoms with Crippen LogP contribution in [0.15, 0.2) is 11.6 Å². The van der Waals surface area contributed by atoms with E-state index in [0.29, 0.717) is 30.1 Å². The highest BCUT2D eigenvalue weighted by atomic mass is 31.1. The molecule has 0 amide bonds. The maximum Gasteiger partial charge on any atom is 0.342 e. The molecular weight excluding hydrogens is 411 g/mol. The molecule has 0 bridgehead atoms. The fourth-order valence-corrected chi connectivity index (χ4v) is 4.20. The van der Waals surface area contributed by atoms with Crippen LogP contribution in [0.2, 0.25) is 25.7 Å². The third-order valence-corrected chi connectivity index (χ3v) is 6.90. The zero-order valence-corrected chi connectivity index (χ0v) is 20.0. The van der Waals surface area contributed by atoms with Crippen LogP contribution in [-0.2, 0) is 26.9 Å². The van der Waals surface area contributed by atoms with Gasteiger partial charge in [-0.15, -0.1) is 0 Å². The summed E-state index contributed by atoms with van der Waals surface area (Å²) in [4.78, 5) is 21.3. The zero-order chi connectivity index (χ0) is 21.8. The molecule has 1 aliphatic heterocycles. The zero-order valence-electron chi connectivity index (χ0n) is 18.0. The van der Waals surface area contributed by atoms with Crippen LogP contribution >= 0.6 is 8.25 Å². The van der Waals surface area contributed by atoms with Gasteiger partial charge in [0.2, 0.25) is 0 Å². The number of esters is 1. The second-order valence-corrected chi connectivity index (χ2v) is 14.8. The lowest BCUT2D eigenvalue weighted by molar-refractivity contribution is 0.0532. The third kappa shape index (κ3) is 6.19. The van der Waals surface area contributed by atoms with Gasteiger partial charge in [-0.3, -0.25) is 4.57 Å². The Hall–Kier alpha value is -1.60. The van der Waals surface area contributed by atoms with Crippen LogP contribution in [-0.4, -0.2) is 39.3 Å². The summed E-state index contributed by atoms with van der Waals surface area (Å²) < 4.78 is 32.7. The number of ether oxygens (including phenoxy) is 3. The molecule has 1 N–H and O–H groups in total.